The molecule has 3 aromatic carbocycles. The first-order valence-electron chi connectivity index (χ1n) is 9.31. The summed E-state index contributed by atoms with van der Waals surface area (Å²) in [5.74, 6) is -0.617. The molecule has 0 aliphatic heterocycles. The van der Waals surface area contributed by atoms with Crippen molar-refractivity contribution in [3.05, 3.63) is 88.9 Å². The average molecular weight is 474 g/mol. The molecule has 0 atom stereocenters. The quantitative estimate of drug-likeness (QED) is 0.535. The van der Waals surface area contributed by atoms with Gasteiger partial charge in [-0.15, -0.1) is 0 Å². The first-order valence-corrected chi connectivity index (χ1v) is 11.1. The summed E-state index contributed by atoms with van der Waals surface area (Å²) >= 11 is 5.79. The van der Waals surface area contributed by atoms with E-state index in [9.17, 15) is 18.0 Å². The average Bonchev–Trinajstić information content (AvgIpc) is 2.82. The number of anilines is 1. The van der Waals surface area contributed by atoms with Crippen molar-refractivity contribution in [2.24, 2.45) is 0 Å². The first kappa shape index (κ1) is 23.1. The first-order chi connectivity index (χ1) is 15.2. The Morgan fingerprint density at radius 3 is 2.06 bits per heavy atom. The maximum Gasteiger partial charge on any atom is 0.269 e. The number of sulfonamides is 1. The zero-order valence-electron chi connectivity index (χ0n) is 17.2. The van der Waals surface area contributed by atoms with Crippen LogP contribution in [0, 0.1) is 0 Å². The van der Waals surface area contributed by atoms with Crippen LogP contribution in [0.4, 0.5) is 5.69 Å². The fraction of sp³-hybridized carbons (Fsp3) is 0.0909. The van der Waals surface area contributed by atoms with Crippen LogP contribution in [0.5, 0.6) is 5.75 Å². The van der Waals surface area contributed by atoms with Crippen molar-refractivity contribution in [1.29, 1.82) is 0 Å². The van der Waals surface area contributed by atoms with Gasteiger partial charge in [0, 0.05) is 23.2 Å². The van der Waals surface area contributed by atoms with Crippen molar-refractivity contribution >= 4 is 39.1 Å². The number of benzene rings is 3. The second-order valence-corrected chi connectivity index (χ2v) is 9.02. The summed E-state index contributed by atoms with van der Waals surface area (Å²) in [5, 5.41) is 0.475. The van der Waals surface area contributed by atoms with Crippen molar-refractivity contribution < 1.29 is 22.7 Å². The van der Waals surface area contributed by atoms with Crippen LogP contribution in [0.3, 0.4) is 0 Å². The molecule has 0 unspecified atom stereocenters. The van der Waals surface area contributed by atoms with E-state index in [0.717, 1.165) is 4.31 Å². The molecule has 0 spiro atoms. The van der Waals surface area contributed by atoms with Gasteiger partial charge >= 0.3 is 0 Å². The molecular formula is C22H20ClN3O5S. The molecule has 0 saturated carbocycles. The Hall–Kier alpha value is -3.56. The summed E-state index contributed by atoms with van der Waals surface area (Å²) in [6.45, 7) is 0. The molecule has 2 amide bonds. The number of hydrogen-bond donors (Lipinski definition) is 2. The number of methoxy groups -OCH3 is 1. The van der Waals surface area contributed by atoms with Crippen LogP contribution in [0.2, 0.25) is 5.02 Å². The Labute approximate surface area is 190 Å². The molecule has 2 N–H and O–H groups in total. The van der Waals surface area contributed by atoms with E-state index in [-0.39, 0.29) is 10.5 Å². The standard InChI is InChI=1S/C22H20ClN3O5S/c1-26(18-10-12-19(31-2)13-11-18)32(29,30)20-5-3-4-16(14-20)22(28)25-24-21(27)15-6-8-17(23)9-7-15/h3-14H,1-2H3,(H,24,27)(H,25,28). The topological polar surface area (TPSA) is 105 Å². The van der Waals surface area contributed by atoms with Crippen molar-refractivity contribution in [3.8, 4) is 5.75 Å². The zero-order chi connectivity index (χ0) is 23.3. The van der Waals surface area contributed by atoms with Gasteiger partial charge in [-0.25, -0.2) is 8.42 Å². The predicted molar refractivity (Wildman–Crippen MR) is 121 cm³/mol. The van der Waals surface area contributed by atoms with Gasteiger partial charge in [0.15, 0.2) is 0 Å². The van der Waals surface area contributed by atoms with Gasteiger partial charge < -0.3 is 4.74 Å². The predicted octanol–water partition coefficient (Wildman–Crippen LogP) is 3.25. The van der Waals surface area contributed by atoms with Crippen LogP contribution in [-0.2, 0) is 10.0 Å². The van der Waals surface area contributed by atoms with Gasteiger partial charge in [-0.05, 0) is 66.7 Å². The van der Waals surface area contributed by atoms with Gasteiger partial charge in [0.25, 0.3) is 21.8 Å². The van der Waals surface area contributed by atoms with E-state index >= 15 is 0 Å². The Bertz CT molecular complexity index is 1230. The van der Waals surface area contributed by atoms with E-state index in [1.54, 1.807) is 36.4 Å². The fourth-order valence-corrected chi connectivity index (χ4v) is 4.11. The van der Waals surface area contributed by atoms with Crippen LogP contribution in [0.1, 0.15) is 20.7 Å². The van der Waals surface area contributed by atoms with Gasteiger partial charge in [0.1, 0.15) is 5.75 Å². The monoisotopic (exact) mass is 473 g/mol. The Balaban J connectivity index is 1.73. The largest absolute Gasteiger partial charge is 0.497 e. The summed E-state index contributed by atoms with van der Waals surface area (Å²) in [6.07, 6.45) is 0. The summed E-state index contributed by atoms with van der Waals surface area (Å²) in [7, 11) is -1.00. The number of hydrogen-bond acceptors (Lipinski definition) is 5. The maximum absolute atomic E-state index is 13.0. The summed E-state index contributed by atoms with van der Waals surface area (Å²) in [5.41, 5.74) is 5.34. The minimum atomic E-state index is -3.93. The van der Waals surface area contributed by atoms with Crippen molar-refractivity contribution in [1.82, 2.24) is 10.9 Å². The van der Waals surface area contributed by atoms with Crippen LogP contribution >= 0.6 is 11.6 Å². The third-order valence-electron chi connectivity index (χ3n) is 4.59. The second-order valence-electron chi connectivity index (χ2n) is 6.61. The number of ether oxygens (including phenoxy) is 1. The van der Waals surface area contributed by atoms with Crippen LogP contribution in [0.25, 0.3) is 0 Å². The highest BCUT2D eigenvalue weighted by Crippen LogP contribution is 2.24. The molecule has 0 aromatic heterocycles. The lowest BCUT2D eigenvalue weighted by molar-refractivity contribution is 0.0846. The number of nitrogens with zero attached hydrogens (tertiary/aromatic N) is 1. The molecule has 0 fully saturated rings. The van der Waals surface area contributed by atoms with Gasteiger partial charge in [-0.3, -0.25) is 24.7 Å². The highest BCUT2D eigenvalue weighted by molar-refractivity contribution is 7.92. The SMILES string of the molecule is COc1ccc(N(C)S(=O)(=O)c2cccc(C(=O)NNC(=O)c3ccc(Cl)cc3)c2)cc1. The number of rotatable bonds is 6. The number of amides is 2. The molecule has 0 bridgehead atoms. The van der Waals surface area contributed by atoms with Crippen LogP contribution < -0.4 is 19.9 Å². The zero-order valence-corrected chi connectivity index (χ0v) is 18.8. The number of hydrazine groups is 1. The lowest BCUT2D eigenvalue weighted by Gasteiger charge is -2.20. The molecular weight excluding hydrogens is 454 g/mol. The van der Waals surface area contributed by atoms with Crippen LogP contribution in [-0.4, -0.2) is 34.4 Å². The van der Waals surface area contributed by atoms with E-state index in [2.05, 4.69) is 10.9 Å². The van der Waals surface area contributed by atoms with Gasteiger partial charge in [0.2, 0.25) is 0 Å². The Morgan fingerprint density at radius 2 is 1.47 bits per heavy atom. The molecule has 0 aliphatic carbocycles. The molecule has 0 radical (unpaired) electrons. The van der Waals surface area contributed by atoms with Crippen molar-refractivity contribution in [3.63, 3.8) is 0 Å². The minimum Gasteiger partial charge on any atom is -0.497 e. The van der Waals surface area contributed by atoms with Crippen LogP contribution in [0.15, 0.2) is 77.7 Å². The summed E-state index contributed by atoms with van der Waals surface area (Å²) in [6, 6.07) is 18.1. The molecule has 0 aliphatic rings. The van der Waals surface area contributed by atoms with Gasteiger partial charge in [-0.1, -0.05) is 17.7 Å². The summed E-state index contributed by atoms with van der Waals surface area (Å²) < 4.78 is 32.2. The molecule has 10 heteroatoms. The van der Waals surface area contributed by atoms with Gasteiger partial charge in [0.05, 0.1) is 17.7 Å². The van der Waals surface area contributed by atoms with Crippen molar-refractivity contribution in [2.45, 2.75) is 4.90 Å². The smallest absolute Gasteiger partial charge is 0.269 e. The second kappa shape index (κ2) is 9.71. The number of carbonyl (C=O) groups excluding carboxylic acids is 2. The normalized spacial score (nSPS) is 10.8. The van der Waals surface area contributed by atoms with Gasteiger partial charge in [-0.2, -0.15) is 0 Å². The van der Waals surface area contributed by atoms with E-state index in [4.69, 9.17) is 16.3 Å². The minimum absolute atomic E-state index is 0.0608. The molecule has 3 rings (SSSR count). The summed E-state index contributed by atoms with van der Waals surface area (Å²) in [4.78, 5) is 24.5. The molecule has 3 aromatic rings. The van der Waals surface area contributed by atoms with E-state index < -0.39 is 21.8 Å². The Morgan fingerprint density at radius 1 is 0.875 bits per heavy atom. The number of nitrogens with one attached hydrogen (secondary N) is 2. The molecule has 166 valence electrons. The highest BCUT2D eigenvalue weighted by Gasteiger charge is 2.22. The van der Waals surface area contributed by atoms with E-state index in [1.807, 2.05) is 0 Å². The Kier molecular flexibility index (Phi) is 7.01. The van der Waals surface area contributed by atoms with E-state index in [0.29, 0.717) is 22.0 Å². The number of halogens is 1. The lowest BCUT2D eigenvalue weighted by atomic mass is 10.2. The highest BCUT2D eigenvalue weighted by atomic mass is 35.5. The third kappa shape index (κ3) is 5.19. The molecule has 0 heterocycles. The fourth-order valence-electron chi connectivity index (χ4n) is 2.75. The molecule has 32 heavy (non-hydrogen) atoms. The van der Waals surface area contributed by atoms with E-state index in [1.165, 1.54) is 50.6 Å². The van der Waals surface area contributed by atoms with Crippen molar-refractivity contribution in [2.75, 3.05) is 18.5 Å². The molecule has 8 nitrogen and oxygen atoms in total. The maximum atomic E-state index is 13.0. The number of carbonyl (C=O) groups is 2. The molecule has 0 saturated heterocycles. The lowest BCUT2D eigenvalue weighted by Crippen LogP contribution is -2.41. The third-order valence-corrected chi connectivity index (χ3v) is 6.62.